The largest absolute Gasteiger partial charge is 0.336 e. The van der Waals surface area contributed by atoms with Crippen LogP contribution < -0.4 is 5.32 Å². The van der Waals surface area contributed by atoms with Crippen LogP contribution in [0.5, 0.6) is 0 Å². The van der Waals surface area contributed by atoms with Gasteiger partial charge < -0.3 is 10.2 Å². The van der Waals surface area contributed by atoms with E-state index < -0.39 is 0 Å². The van der Waals surface area contributed by atoms with Gasteiger partial charge in [0.25, 0.3) is 0 Å². The number of piperazine rings is 1. The fraction of sp³-hybridized carbons (Fsp3) is 0.923. The molecule has 0 saturated carbocycles. The predicted octanol–water partition coefficient (Wildman–Crippen LogP) is 1.88. The average Bonchev–Trinajstić information content (AvgIpc) is 2.14. The van der Waals surface area contributed by atoms with E-state index in [2.05, 4.69) is 37.9 Å². The molecule has 1 saturated heterocycles. The number of hydrogen-bond acceptors (Lipinski definition) is 2. The highest BCUT2D eigenvalue weighted by molar-refractivity contribution is 5.78. The molecule has 1 unspecified atom stereocenters. The van der Waals surface area contributed by atoms with E-state index in [0.717, 1.165) is 13.1 Å². The number of carbonyl (C=O) groups is 1. The summed E-state index contributed by atoms with van der Waals surface area (Å²) in [6.45, 7) is 14.4. The lowest BCUT2D eigenvalue weighted by atomic mass is 9.92. The summed E-state index contributed by atoms with van der Waals surface area (Å²) in [4.78, 5) is 14.3. The SMILES string of the molecule is CC(C)C(=O)N1CC(C)(C)NCC1C(C)C. The molecule has 0 aromatic carbocycles. The van der Waals surface area contributed by atoms with E-state index >= 15 is 0 Å². The maximum atomic E-state index is 12.2. The normalized spacial score (nSPS) is 25.2. The molecule has 1 aliphatic heterocycles. The van der Waals surface area contributed by atoms with E-state index in [4.69, 9.17) is 0 Å². The van der Waals surface area contributed by atoms with Crippen molar-refractivity contribution in [3.63, 3.8) is 0 Å². The fourth-order valence-corrected chi connectivity index (χ4v) is 2.26. The van der Waals surface area contributed by atoms with Crippen molar-refractivity contribution >= 4 is 5.91 Å². The second-order valence-electron chi connectivity index (χ2n) is 6.20. The molecule has 0 bridgehead atoms. The van der Waals surface area contributed by atoms with Gasteiger partial charge in [-0.15, -0.1) is 0 Å². The Morgan fingerprint density at radius 2 is 1.88 bits per heavy atom. The van der Waals surface area contributed by atoms with Crippen molar-refractivity contribution < 1.29 is 4.79 Å². The lowest BCUT2D eigenvalue weighted by molar-refractivity contribution is -0.140. The van der Waals surface area contributed by atoms with Gasteiger partial charge in [-0.2, -0.15) is 0 Å². The molecule has 0 spiro atoms. The first kappa shape index (κ1) is 13.5. The van der Waals surface area contributed by atoms with Crippen molar-refractivity contribution in [3.05, 3.63) is 0 Å². The first-order chi connectivity index (χ1) is 7.24. The predicted molar refractivity (Wildman–Crippen MR) is 67.3 cm³/mol. The molecule has 1 amide bonds. The van der Waals surface area contributed by atoms with Gasteiger partial charge in [-0.3, -0.25) is 4.79 Å². The van der Waals surface area contributed by atoms with Crippen molar-refractivity contribution in [3.8, 4) is 0 Å². The standard InChI is InChI=1S/C13H26N2O/c1-9(2)11-7-14-13(5,6)8-15(11)12(16)10(3)4/h9-11,14H,7-8H2,1-6H3. The van der Waals surface area contributed by atoms with Crippen LogP contribution in [0.1, 0.15) is 41.5 Å². The summed E-state index contributed by atoms with van der Waals surface area (Å²) in [5.41, 5.74) is 0.0376. The molecule has 1 aliphatic rings. The first-order valence-corrected chi connectivity index (χ1v) is 6.30. The molecule has 1 atom stereocenters. The van der Waals surface area contributed by atoms with Crippen molar-refractivity contribution in [2.75, 3.05) is 13.1 Å². The van der Waals surface area contributed by atoms with Gasteiger partial charge in [-0.1, -0.05) is 27.7 Å². The molecule has 0 aliphatic carbocycles. The van der Waals surface area contributed by atoms with E-state index in [1.54, 1.807) is 0 Å². The number of hydrogen-bond donors (Lipinski definition) is 1. The first-order valence-electron chi connectivity index (χ1n) is 6.30. The van der Waals surface area contributed by atoms with Crippen LogP contribution in [0.25, 0.3) is 0 Å². The third-order valence-electron chi connectivity index (χ3n) is 3.30. The highest BCUT2D eigenvalue weighted by Crippen LogP contribution is 2.22. The summed E-state index contributed by atoms with van der Waals surface area (Å²) in [6.07, 6.45) is 0. The molecule has 1 rings (SSSR count). The maximum Gasteiger partial charge on any atom is 0.225 e. The lowest BCUT2D eigenvalue weighted by Crippen LogP contribution is -2.64. The Balaban J connectivity index is 2.84. The van der Waals surface area contributed by atoms with E-state index in [1.165, 1.54) is 0 Å². The summed E-state index contributed by atoms with van der Waals surface area (Å²) in [5, 5.41) is 3.52. The van der Waals surface area contributed by atoms with Gasteiger partial charge in [0.1, 0.15) is 0 Å². The number of nitrogens with one attached hydrogen (secondary N) is 1. The fourth-order valence-electron chi connectivity index (χ4n) is 2.26. The molecule has 0 radical (unpaired) electrons. The van der Waals surface area contributed by atoms with Crippen molar-refractivity contribution in [1.29, 1.82) is 0 Å². The molecular formula is C13H26N2O. The quantitative estimate of drug-likeness (QED) is 0.779. The number of carbonyl (C=O) groups excluding carboxylic acids is 1. The van der Waals surface area contributed by atoms with Crippen LogP contribution in [0.3, 0.4) is 0 Å². The van der Waals surface area contributed by atoms with E-state index in [9.17, 15) is 4.79 Å². The van der Waals surface area contributed by atoms with E-state index in [1.807, 2.05) is 13.8 Å². The third-order valence-corrected chi connectivity index (χ3v) is 3.30. The Bertz CT molecular complexity index is 259. The molecule has 3 heteroatoms. The molecule has 94 valence electrons. The summed E-state index contributed by atoms with van der Waals surface area (Å²) < 4.78 is 0. The third kappa shape index (κ3) is 2.97. The van der Waals surface area contributed by atoms with Gasteiger partial charge in [0.05, 0.1) is 0 Å². The van der Waals surface area contributed by atoms with Gasteiger partial charge in [-0.25, -0.2) is 0 Å². The van der Waals surface area contributed by atoms with Crippen molar-refractivity contribution in [1.82, 2.24) is 10.2 Å². The van der Waals surface area contributed by atoms with E-state index in [0.29, 0.717) is 12.0 Å². The van der Waals surface area contributed by atoms with Crippen LogP contribution in [-0.2, 0) is 4.79 Å². The van der Waals surface area contributed by atoms with Gasteiger partial charge in [-0.05, 0) is 19.8 Å². The molecule has 16 heavy (non-hydrogen) atoms. The zero-order chi connectivity index (χ0) is 12.5. The molecule has 0 aromatic rings. The molecule has 0 aromatic heterocycles. The summed E-state index contributed by atoms with van der Waals surface area (Å²) >= 11 is 0. The minimum absolute atomic E-state index is 0.0376. The van der Waals surface area contributed by atoms with Crippen LogP contribution in [-0.4, -0.2) is 35.5 Å². The van der Waals surface area contributed by atoms with Crippen LogP contribution in [0, 0.1) is 11.8 Å². The van der Waals surface area contributed by atoms with Crippen LogP contribution in [0.2, 0.25) is 0 Å². The smallest absolute Gasteiger partial charge is 0.225 e. The second kappa shape index (κ2) is 4.74. The Labute approximate surface area is 99.6 Å². The number of rotatable bonds is 2. The Kier molecular flexibility index (Phi) is 4.00. The summed E-state index contributed by atoms with van der Waals surface area (Å²) in [7, 11) is 0. The molecular weight excluding hydrogens is 200 g/mol. The second-order valence-corrected chi connectivity index (χ2v) is 6.20. The van der Waals surface area contributed by atoms with Gasteiger partial charge in [0.2, 0.25) is 5.91 Å². The topological polar surface area (TPSA) is 32.3 Å². The minimum Gasteiger partial charge on any atom is -0.336 e. The Morgan fingerprint density at radius 3 is 2.31 bits per heavy atom. The van der Waals surface area contributed by atoms with Crippen molar-refractivity contribution in [2.45, 2.75) is 53.1 Å². The summed E-state index contributed by atoms with van der Waals surface area (Å²) in [6, 6.07) is 0.336. The number of amides is 1. The molecule has 1 fully saturated rings. The van der Waals surface area contributed by atoms with Crippen LogP contribution >= 0.6 is 0 Å². The highest BCUT2D eigenvalue weighted by atomic mass is 16.2. The summed E-state index contributed by atoms with van der Waals surface area (Å²) in [5.74, 6) is 0.884. The van der Waals surface area contributed by atoms with Crippen LogP contribution in [0.4, 0.5) is 0 Å². The van der Waals surface area contributed by atoms with Gasteiger partial charge in [0, 0.05) is 30.6 Å². The average molecular weight is 226 g/mol. The van der Waals surface area contributed by atoms with Gasteiger partial charge >= 0.3 is 0 Å². The maximum absolute atomic E-state index is 12.2. The van der Waals surface area contributed by atoms with Crippen LogP contribution in [0.15, 0.2) is 0 Å². The lowest BCUT2D eigenvalue weighted by Gasteiger charge is -2.46. The van der Waals surface area contributed by atoms with Gasteiger partial charge in [0.15, 0.2) is 0 Å². The number of nitrogens with zero attached hydrogens (tertiary/aromatic N) is 1. The molecule has 1 heterocycles. The Hall–Kier alpha value is -0.570. The Morgan fingerprint density at radius 1 is 1.31 bits per heavy atom. The molecule has 1 N–H and O–H groups in total. The minimum atomic E-state index is 0.0376. The highest BCUT2D eigenvalue weighted by Gasteiger charge is 2.37. The zero-order valence-corrected chi connectivity index (χ0v) is 11.5. The monoisotopic (exact) mass is 226 g/mol. The molecule has 3 nitrogen and oxygen atoms in total. The zero-order valence-electron chi connectivity index (χ0n) is 11.5. The van der Waals surface area contributed by atoms with Crippen molar-refractivity contribution in [2.24, 2.45) is 11.8 Å². The van der Waals surface area contributed by atoms with E-state index in [-0.39, 0.29) is 17.4 Å².